The number of nitrogens with one attached hydrogen (secondary N) is 1. The molecule has 0 unspecified atom stereocenters. The van der Waals surface area contributed by atoms with Crippen molar-refractivity contribution in [2.24, 2.45) is 5.73 Å². The van der Waals surface area contributed by atoms with Gasteiger partial charge in [0, 0.05) is 27.1 Å². The van der Waals surface area contributed by atoms with E-state index < -0.39 is 0 Å². The smallest absolute Gasteiger partial charge is 0.236 e. The Morgan fingerprint density at radius 3 is 2.42 bits per heavy atom. The molecule has 0 aromatic rings. The lowest BCUT2D eigenvalue weighted by molar-refractivity contribution is -0.128. The molecule has 0 bridgehead atoms. The monoisotopic (exact) mass is 173 g/mol. The van der Waals surface area contributed by atoms with Crippen LogP contribution in [-0.4, -0.2) is 43.9 Å². The molecule has 0 spiro atoms. The molecule has 0 fully saturated rings. The van der Waals surface area contributed by atoms with Gasteiger partial charge in [-0.25, -0.2) is 0 Å². The summed E-state index contributed by atoms with van der Waals surface area (Å²) in [6, 6.07) is 0. The van der Waals surface area contributed by atoms with Crippen LogP contribution < -0.4 is 11.1 Å². The Morgan fingerprint density at radius 2 is 2.00 bits per heavy atom. The number of hydrogen-bond acceptors (Lipinski definition) is 3. The molecule has 3 N–H and O–H groups in total. The van der Waals surface area contributed by atoms with E-state index in [1.807, 2.05) is 0 Å². The summed E-state index contributed by atoms with van der Waals surface area (Å²) in [6.45, 7) is 0.704. The highest BCUT2D eigenvalue weighted by molar-refractivity contribution is 5.77. The van der Waals surface area contributed by atoms with Gasteiger partial charge < -0.3 is 16.0 Å². The third-order valence-corrected chi connectivity index (χ3v) is 1.32. The van der Waals surface area contributed by atoms with Crippen molar-refractivity contribution in [1.82, 2.24) is 10.2 Å². The van der Waals surface area contributed by atoms with Crippen LogP contribution in [0.25, 0.3) is 0 Å². The van der Waals surface area contributed by atoms with Crippen LogP contribution in [0.4, 0.5) is 0 Å². The fourth-order valence-electron chi connectivity index (χ4n) is 0.565. The zero-order chi connectivity index (χ0) is 9.56. The summed E-state index contributed by atoms with van der Waals surface area (Å²) in [7, 11) is 3.36. The molecule has 0 heterocycles. The third-order valence-electron chi connectivity index (χ3n) is 1.32. The minimum Gasteiger partial charge on any atom is -0.370 e. The summed E-state index contributed by atoms with van der Waals surface area (Å²) in [5.41, 5.74) is 4.89. The van der Waals surface area contributed by atoms with E-state index in [4.69, 9.17) is 5.73 Å². The van der Waals surface area contributed by atoms with Crippen LogP contribution in [0.2, 0.25) is 0 Å². The van der Waals surface area contributed by atoms with Gasteiger partial charge in [0.25, 0.3) is 0 Å². The first-order chi connectivity index (χ1) is 5.54. The number of hydrogen-bond donors (Lipinski definition) is 2. The van der Waals surface area contributed by atoms with Crippen LogP contribution >= 0.6 is 0 Å². The van der Waals surface area contributed by atoms with Gasteiger partial charge >= 0.3 is 0 Å². The van der Waals surface area contributed by atoms with Crippen molar-refractivity contribution in [1.29, 1.82) is 0 Å². The van der Waals surface area contributed by atoms with Gasteiger partial charge in [0.2, 0.25) is 11.8 Å². The molecule has 0 rings (SSSR count). The van der Waals surface area contributed by atoms with Gasteiger partial charge in [0.1, 0.15) is 0 Å². The second kappa shape index (κ2) is 5.54. The SMILES string of the molecule is CN(C)C(=O)CNCCC(N)=O. The molecule has 0 aromatic carbocycles. The van der Waals surface area contributed by atoms with E-state index in [2.05, 4.69) is 5.32 Å². The molecule has 5 nitrogen and oxygen atoms in total. The van der Waals surface area contributed by atoms with Gasteiger partial charge in [0.05, 0.1) is 6.54 Å². The first-order valence-corrected chi connectivity index (χ1v) is 3.73. The number of likely N-dealkylation sites (N-methyl/N-ethyl adjacent to an activating group) is 1. The van der Waals surface area contributed by atoms with E-state index in [1.165, 1.54) is 4.90 Å². The zero-order valence-electron chi connectivity index (χ0n) is 7.46. The lowest BCUT2D eigenvalue weighted by Gasteiger charge is -2.09. The van der Waals surface area contributed by atoms with Crippen LogP contribution in [0.3, 0.4) is 0 Å². The van der Waals surface area contributed by atoms with Crippen molar-refractivity contribution in [2.45, 2.75) is 6.42 Å². The number of nitrogens with two attached hydrogens (primary N) is 1. The van der Waals surface area contributed by atoms with E-state index in [-0.39, 0.29) is 24.8 Å². The van der Waals surface area contributed by atoms with Gasteiger partial charge in [-0.15, -0.1) is 0 Å². The fraction of sp³-hybridized carbons (Fsp3) is 0.714. The number of rotatable bonds is 5. The van der Waals surface area contributed by atoms with E-state index in [9.17, 15) is 9.59 Å². The van der Waals surface area contributed by atoms with Crippen molar-refractivity contribution in [2.75, 3.05) is 27.2 Å². The number of amides is 2. The third kappa shape index (κ3) is 5.67. The molecule has 5 heteroatoms. The van der Waals surface area contributed by atoms with Crippen molar-refractivity contribution in [3.8, 4) is 0 Å². The molecular formula is C7H15N3O2. The number of nitrogens with zero attached hydrogens (tertiary/aromatic N) is 1. The molecule has 0 saturated carbocycles. The lowest BCUT2D eigenvalue weighted by atomic mass is 10.4. The summed E-state index contributed by atoms with van der Waals surface area (Å²) < 4.78 is 0. The molecule has 0 aliphatic rings. The largest absolute Gasteiger partial charge is 0.370 e. The maximum absolute atomic E-state index is 10.9. The highest BCUT2D eigenvalue weighted by Gasteiger charge is 2.02. The minimum absolute atomic E-state index is 0.0144. The van der Waals surface area contributed by atoms with Crippen molar-refractivity contribution in [3.63, 3.8) is 0 Å². The molecular weight excluding hydrogens is 158 g/mol. The Morgan fingerprint density at radius 1 is 1.42 bits per heavy atom. The summed E-state index contributed by atoms with van der Waals surface area (Å²) in [5, 5.41) is 2.81. The van der Waals surface area contributed by atoms with E-state index in [0.717, 1.165) is 0 Å². The maximum Gasteiger partial charge on any atom is 0.236 e. The van der Waals surface area contributed by atoms with Gasteiger partial charge in [0.15, 0.2) is 0 Å². The predicted octanol–water partition coefficient (Wildman–Crippen LogP) is -1.46. The average Bonchev–Trinajstić information content (AvgIpc) is 1.97. The van der Waals surface area contributed by atoms with E-state index in [0.29, 0.717) is 6.54 Å². The van der Waals surface area contributed by atoms with Gasteiger partial charge in [-0.05, 0) is 0 Å². The van der Waals surface area contributed by atoms with E-state index in [1.54, 1.807) is 14.1 Å². The summed E-state index contributed by atoms with van der Waals surface area (Å²) >= 11 is 0. The quantitative estimate of drug-likeness (QED) is 0.499. The van der Waals surface area contributed by atoms with Crippen molar-refractivity contribution < 1.29 is 9.59 Å². The van der Waals surface area contributed by atoms with Gasteiger partial charge in [-0.2, -0.15) is 0 Å². The Hall–Kier alpha value is -1.10. The zero-order valence-corrected chi connectivity index (χ0v) is 7.46. The Labute approximate surface area is 71.9 Å². The Kier molecular flexibility index (Phi) is 5.03. The van der Waals surface area contributed by atoms with E-state index >= 15 is 0 Å². The highest BCUT2D eigenvalue weighted by atomic mass is 16.2. The maximum atomic E-state index is 10.9. The summed E-state index contributed by atoms with van der Waals surface area (Å²) in [6.07, 6.45) is 0.265. The van der Waals surface area contributed by atoms with Crippen molar-refractivity contribution >= 4 is 11.8 Å². The molecule has 70 valence electrons. The molecule has 0 saturated heterocycles. The summed E-state index contributed by atoms with van der Waals surface area (Å²) in [4.78, 5) is 22.7. The minimum atomic E-state index is -0.361. The number of carbonyl (C=O) groups is 2. The predicted molar refractivity (Wildman–Crippen MR) is 45.4 cm³/mol. The topological polar surface area (TPSA) is 75.4 Å². The second-order valence-electron chi connectivity index (χ2n) is 2.68. The molecule has 0 aliphatic heterocycles. The molecule has 0 aromatic heterocycles. The Bertz CT molecular complexity index is 168. The summed E-state index contributed by atoms with van der Waals surface area (Å²) in [5.74, 6) is -0.376. The van der Waals surface area contributed by atoms with Crippen LogP contribution in [-0.2, 0) is 9.59 Å². The number of carbonyl (C=O) groups excluding carboxylic acids is 2. The van der Waals surface area contributed by atoms with Gasteiger partial charge in [-0.1, -0.05) is 0 Å². The first kappa shape index (κ1) is 10.9. The molecule has 2 amide bonds. The lowest BCUT2D eigenvalue weighted by Crippen LogP contribution is -2.34. The average molecular weight is 173 g/mol. The normalized spacial score (nSPS) is 9.50. The molecule has 0 atom stereocenters. The molecule has 0 aliphatic carbocycles. The van der Waals surface area contributed by atoms with Gasteiger partial charge in [-0.3, -0.25) is 9.59 Å². The van der Waals surface area contributed by atoms with Crippen LogP contribution in [0.5, 0.6) is 0 Å². The highest BCUT2D eigenvalue weighted by Crippen LogP contribution is 1.77. The first-order valence-electron chi connectivity index (χ1n) is 3.73. The van der Waals surface area contributed by atoms with Crippen LogP contribution in [0.15, 0.2) is 0 Å². The van der Waals surface area contributed by atoms with Crippen LogP contribution in [0, 0.1) is 0 Å². The standard InChI is InChI=1S/C7H15N3O2/c1-10(2)7(12)5-9-4-3-6(8)11/h9H,3-5H2,1-2H3,(H2,8,11). The molecule has 0 radical (unpaired) electrons. The second-order valence-corrected chi connectivity index (χ2v) is 2.68. The van der Waals surface area contributed by atoms with Crippen LogP contribution in [0.1, 0.15) is 6.42 Å². The molecule has 12 heavy (non-hydrogen) atoms. The van der Waals surface area contributed by atoms with Crippen molar-refractivity contribution in [3.05, 3.63) is 0 Å². The fourth-order valence-corrected chi connectivity index (χ4v) is 0.565. The Balaban J connectivity index is 3.32. The number of primary amides is 1.